The number of furan rings is 1. The highest BCUT2D eigenvalue weighted by atomic mass is 16.5. The third kappa shape index (κ3) is 5.10. The van der Waals surface area contributed by atoms with Gasteiger partial charge in [0.1, 0.15) is 40.6 Å². The Balaban J connectivity index is 1.31. The predicted molar refractivity (Wildman–Crippen MR) is 148 cm³/mol. The number of hydrogen-bond acceptors (Lipinski definition) is 8. The summed E-state index contributed by atoms with van der Waals surface area (Å²) in [5.41, 5.74) is 4.29. The molecule has 2 saturated heterocycles. The third-order valence-electron chi connectivity index (χ3n) is 7.50. The fraction of sp³-hybridized carbons (Fsp3) is 0.355. The minimum Gasteiger partial charge on any atom is -0.496 e. The van der Waals surface area contributed by atoms with E-state index in [1.54, 1.807) is 25.6 Å². The topological polar surface area (TPSA) is 111 Å². The molecule has 0 unspecified atom stereocenters. The number of rotatable bonds is 6. The molecule has 0 saturated carbocycles. The molecule has 0 radical (unpaired) electrons. The molecule has 0 atom stereocenters. The van der Waals surface area contributed by atoms with E-state index in [1.165, 1.54) is 0 Å². The summed E-state index contributed by atoms with van der Waals surface area (Å²) >= 11 is 0. The number of pyridine rings is 2. The lowest BCUT2D eigenvalue weighted by Crippen LogP contribution is -2.36. The number of carbonyl (C=O) groups excluding carboxylic acids is 1. The summed E-state index contributed by atoms with van der Waals surface area (Å²) in [5.74, 6) is 1.50. The first kappa shape index (κ1) is 25.8. The molecule has 2 fully saturated rings. The van der Waals surface area contributed by atoms with Crippen LogP contribution >= 0.6 is 0 Å². The van der Waals surface area contributed by atoms with E-state index in [1.807, 2.05) is 35.2 Å². The molecule has 4 aromatic rings. The maximum absolute atomic E-state index is 13.0. The SMILES string of the molecule is COc1cc(C(=O)N2CCCCC2)ncc1-c1cc2nccc(-c3ccc(OC4CCOCC4)c(C#N)c3)c2o1. The van der Waals surface area contributed by atoms with Crippen molar-refractivity contribution in [3.05, 3.63) is 60.0 Å². The zero-order valence-corrected chi connectivity index (χ0v) is 22.4. The Hall–Kier alpha value is -4.42. The van der Waals surface area contributed by atoms with Gasteiger partial charge in [-0.25, -0.2) is 0 Å². The van der Waals surface area contributed by atoms with Crippen molar-refractivity contribution >= 4 is 17.0 Å². The van der Waals surface area contributed by atoms with E-state index in [0.717, 1.165) is 56.3 Å². The summed E-state index contributed by atoms with van der Waals surface area (Å²) < 4.78 is 23.5. The number of aromatic nitrogens is 2. The van der Waals surface area contributed by atoms with E-state index < -0.39 is 0 Å². The molecule has 0 N–H and O–H groups in total. The Morgan fingerprint density at radius 2 is 1.85 bits per heavy atom. The quantitative estimate of drug-likeness (QED) is 0.311. The summed E-state index contributed by atoms with van der Waals surface area (Å²) in [7, 11) is 1.56. The number of carbonyl (C=O) groups is 1. The summed E-state index contributed by atoms with van der Waals surface area (Å²) in [4.78, 5) is 23.8. The van der Waals surface area contributed by atoms with E-state index in [0.29, 0.717) is 58.4 Å². The molecular weight excluding hydrogens is 508 g/mol. The van der Waals surface area contributed by atoms with Crippen LogP contribution in [-0.2, 0) is 4.74 Å². The van der Waals surface area contributed by atoms with Crippen LogP contribution in [-0.4, -0.2) is 60.3 Å². The van der Waals surface area contributed by atoms with Crippen molar-refractivity contribution in [1.82, 2.24) is 14.9 Å². The molecule has 0 aliphatic carbocycles. The van der Waals surface area contributed by atoms with Gasteiger partial charge in [-0.15, -0.1) is 0 Å². The van der Waals surface area contributed by atoms with Gasteiger partial charge >= 0.3 is 0 Å². The molecule has 6 rings (SSSR count). The van der Waals surface area contributed by atoms with Gasteiger partial charge in [0.05, 0.1) is 31.5 Å². The molecule has 40 heavy (non-hydrogen) atoms. The van der Waals surface area contributed by atoms with Crippen LogP contribution < -0.4 is 9.47 Å². The first-order chi connectivity index (χ1) is 19.6. The molecule has 0 spiro atoms. The van der Waals surface area contributed by atoms with Gasteiger partial charge in [0.15, 0.2) is 5.58 Å². The Bertz CT molecular complexity index is 1580. The molecule has 9 nitrogen and oxygen atoms in total. The molecule has 0 bridgehead atoms. The smallest absolute Gasteiger partial charge is 0.272 e. The molecule has 5 heterocycles. The van der Waals surface area contributed by atoms with Crippen molar-refractivity contribution in [2.75, 3.05) is 33.4 Å². The van der Waals surface area contributed by atoms with Crippen molar-refractivity contribution in [1.29, 1.82) is 5.26 Å². The fourth-order valence-corrected chi connectivity index (χ4v) is 5.33. The zero-order valence-electron chi connectivity index (χ0n) is 22.4. The van der Waals surface area contributed by atoms with E-state index in [9.17, 15) is 10.1 Å². The normalized spacial score (nSPS) is 16.1. The van der Waals surface area contributed by atoms with Gasteiger partial charge in [0.25, 0.3) is 5.91 Å². The number of hydrogen-bond donors (Lipinski definition) is 0. The van der Waals surface area contributed by atoms with Crippen molar-refractivity contribution in [3.8, 4) is 40.0 Å². The van der Waals surface area contributed by atoms with Gasteiger partial charge in [-0.2, -0.15) is 5.26 Å². The Kier molecular flexibility index (Phi) is 7.34. The Morgan fingerprint density at radius 1 is 1.02 bits per heavy atom. The Labute approximate surface area is 232 Å². The highest BCUT2D eigenvalue weighted by Crippen LogP contribution is 2.38. The largest absolute Gasteiger partial charge is 0.496 e. The number of methoxy groups -OCH3 is 1. The number of fused-ring (bicyclic) bond motifs is 1. The van der Waals surface area contributed by atoms with Crippen LogP contribution in [0.5, 0.6) is 11.5 Å². The van der Waals surface area contributed by atoms with E-state index in [2.05, 4.69) is 16.0 Å². The predicted octanol–water partition coefficient (Wildman–Crippen LogP) is 5.62. The second-order valence-corrected chi connectivity index (χ2v) is 10.1. The summed E-state index contributed by atoms with van der Waals surface area (Å²) in [6.45, 7) is 2.83. The average Bonchev–Trinajstić information content (AvgIpc) is 3.46. The third-order valence-corrected chi connectivity index (χ3v) is 7.50. The lowest BCUT2D eigenvalue weighted by molar-refractivity contribution is 0.0254. The molecule has 1 aromatic carbocycles. The average molecular weight is 539 g/mol. The van der Waals surface area contributed by atoms with Crippen LogP contribution in [0.1, 0.15) is 48.2 Å². The number of nitriles is 1. The second kappa shape index (κ2) is 11.4. The lowest BCUT2D eigenvalue weighted by atomic mass is 10.0. The summed E-state index contributed by atoms with van der Waals surface area (Å²) in [6.07, 6.45) is 8.14. The van der Waals surface area contributed by atoms with Gasteiger partial charge < -0.3 is 23.5 Å². The van der Waals surface area contributed by atoms with Crippen LogP contribution in [0.2, 0.25) is 0 Å². The maximum atomic E-state index is 13.0. The number of benzene rings is 1. The number of likely N-dealkylation sites (tertiary alicyclic amines) is 1. The van der Waals surface area contributed by atoms with Crippen LogP contribution in [0.15, 0.2) is 53.2 Å². The van der Waals surface area contributed by atoms with Gasteiger partial charge in [-0.1, -0.05) is 6.07 Å². The van der Waals surface area contributed by atoms with Crippen LogP contribution in [0.3, 0.4) is 0 Å². The van der Waals surface area contributed by atoms with E-state index in [-0.39, 0.29) is 12.0 Å². The molecule has 3 aromatic heterocycles. The molecule has 1 amide bonds. The minimum atomic E-state index is -0.0874. The molecule has 2 aliphatic rings. The Morgan fingerprint density at radius 3 is 2.62 bits per heavy atom. The molecule has 2 aliphatic heterocycles. The standard InChI is InChI=1S/C31H30N4O5/c1-37-28-17-26(31(36)35-11-3-2-4-12-35)34-19-24(28)29-16-25-30(40-29)23(7-10-33-25)20-5-6-27(21(15-20)18-32)39-22-8-13-38-14-9-22/h5-7,10,15-17,19,22H,2-4,8-9,11-14H2,1H3. The van der Waals surface area contributed by atoms with Gasteiger partial charge in [0.2, 0.25) is 0 Å². The maximum Gasteiger partial charge on any atom is 0.272 e. The number of piperidine rings is 1. The zero-order chi connectivity index (χ0) is 27.5. The number of amides is 1. The van der Waals surface area contributed by atoms with Crippen LogP contribution in [0, 0.1) is 11.3 Å². The van der Waals surface area contributed by atoms with Crippen molar-refractivity contribution in [3.63, 3.8) is 0 Å². The minimum absolute atomic E-state index is 0.0390. The van der Waals surface area contributed by atoms with Gasteiger partial charge in [0, 0.05) is 56.0 Å². The highest BCUT2D eigenvalue weighted by Gasteiger charge is 2.23. The highest BCUT2D eigenvalue weighted by molar-refractivity contribution is 5.95. The van der Waals surface area contributed by atoms with Crippen molar-refractivity contribution in [2.45, 2.75) is 38.2 Å². The van der Waals surface area contributed by atoms with Crippen molar-refractivity contribution < 1.29 is 23.4 Å². The lowest BCUT2D eigenvalue weighted by Gasteiger charge is -2.26. The number of ether oxygens (including phenoxy) is 3. The number of nitrogens with zero attached hydrogens (tertiary/aromatic N) is 4. The van der Waals surface area contributed by atoms with Crippen molar-refractivity contribution in [2.24, 2.45) is 0 Å². The summed E-state index contributed by atoms with van der Waals surface area (Å²) in [6, 6.07) is 13.2. The first-order valence-electron chi connectivity index (χ1n) is 13.7. The van der Waals surface area contributed by atoms with Crippen LogP contribution in [0.4, 0.5) is 0 Å². The fourth-order valence-electron chi connectivity index (χ4n) is 5.33. The molecular formula is C31H30N4O5. The first-order valence-corrected chi connectivity index (χ1v) is 13.7. The summed E-state index contributed by atoms with van der Waals surface area (Å²) in [5, 5.41) is 9.85. The molecule has 9 heteroatoms. The van der Waals surface area contributed by atoms with Crippen LogP contribution in [0.25, 0.3) is 33.6 Å². The molecule has 204 valence electrons. The monoisotopic (exact) mass is 538 g/mol. The van der Waals surface area contributed by atoms with E-state index in [4.69, 9.17) is 18.6 Å². The van der Waals surface area contributed by atoms with Gasteiger partial charge in [-0.3, -0.25) is 14.8 Å². The second-order valence-electron chi connectivity index (χ2n) is 10.1. The van der Waals surface area contributed by atoms with E-state index >= 15 is 0 Å². The van der Waals surface area contributed by atoms with Gasteiger partial charge in [-0.05, 0) is 43.0 Å².